The number of methoxy groups -OCH3 is 1. The Balaban J connectivity index is 0.00000176. The van der Waals surface area contributed by atoms with Crippen LogP contribution >= 0.6 is 12.4 Å². The molecule has 2 aliphatic heterocycles. The number of fused-ring (bicyclic) bond motifs is 1. The van der Waals surface area contributed by atoms with Gasteiger partial charge in [-0.25, -0.2) is 8.42 Å². The smallest absolute Gasteiger partial charge is 0.243 e. The van der Waals surface area contributed by atoms with E-state index in [2.05, 4.69) is 5.32 Å². The molecule has 124 valence electrons. The predicted molar refractivity (Wildman–Crippen MR) is 88.3 cm³/mol. The summed E-state index contributed by atoms with van der Waals surface area (Å²) in [6.45, 7) is 6.82. The highest BCUT2D eigenvalue weighted by molar-refractivity contribution is 7.89. The number of aryl methyl sites for hydroxylation is 2. The van der Waals surface area contributed by atoms with Gasteiger partial charge in [-0.3, -0.25) is 0 Å². The van der Waals surface area contributed by atoms with Crippen molar-refractivity contribution in [2.45, 2.75) is 18.7 Å². The quantitative estimate of drug-likeness (QED) is 0.902. The van der Waals surface area contributed by atoms with Crippen molar-refractivity contribution in [2.24, 2.45) is 11.8 Å². The van der Waals surface area contributed by atoms with Crippen LogP contribution in [0.2, 0.25) is 0 Å². The van der Waals surface area contributed by atoms with Gasteiger partial charge in [-0.1, -0.05) is 0 Å². The van der Waals surface area contributed by atoms with Gasteiger partial charge in [-0.2, -0.15) is 4.31 Å². The van der Waals surface area contributed by atoms with Crippen molar-refractivity contribution >= 4 is 22.4 Å². The van der Waals surface area contributed by atoms with Gasteiger partial charge in [0.15, 0.2) is 0 Å². The molecule has 0 saturated carbocycles. The van der Waals surface area contributed by atoms with Crippen LogP contribution in [0, 0.1) is 25.7 Å². The Labute approximate surface area is 138 Å². The van der Waals surface area contributed by atoms with Gasteiger partial charge < -0.3 is 10.1 Å². The molecule has 2 heterocycles. The molecule has 2 fully saturated rings. The number of halogens is 1. The van der Waals surface area contributed by atoms with Crippen LogP contribution in [0.3, 0.4) is 0 Å². The molecule has 2 atom stereocenters. The number of nitrogens with one attached hydrogen (secondary N) is 1. The van der Waals surface area contributed by atoms with Crippen molar-refractivity contribution in [3.8, 4) is 5.75 Å². The van der Waals surface area contributed by atoms with Gasteiger partial charge in [0, 0.05) is 13.1 Å². The summed E-state index contributed by atoms with van der Waals surface area (Å²) in [6, 6.07) is 3.54. The summed E-state index contributed by atoms with van der Waals surface area (Å²) in [4.78, 5) is 0.411. The van der Waals surface area contributed by atoms with E-state index in [0.717, 1.165) is 30.0 Å². The molecule has 2 aliphatic rings. The number of hydrogen-bond donors (Lipinski definition) is 1. The van der Waals surface area contributed by atoms with Crippen LogP contribution in [0.25, 0.3) is 0 Å². The lowest BCUT2D eigenvalue weighted by molar-refractivity contribution is 0.410. The van der Waals surface area contributed by atoms with Gasteiger partial charge in [0.1, 0.15) is 5.75 Å². The van der Waals surface area contributed by atoms with Crippen LogP contribution < -0.4 is 10.1 Å². The van der Waals surface area contributed by atoms with Crippen LogP contribution in [0.1, 0.15) is 11.1 Å². The van der Waals surface area contributed by atoms with Crippen molar-refractivity contribution in [1.82, 2.24) is 9.62 Å². The molecule has 0 amide bonds. The van der Waals surface area contributed by atoms with E-state index in [1.54, 1.807) is 23.5 Å². The summed E-state index contributed by atoms with van der Waals surface area (Å²) >= 11 is 0. The van der Waals surface area contributed by atoms with Gasteiger partial charge in [0.2, 0.25) is 10.0 Å². The fraction of sp³-hybridized carbons (Fsp3) is 0.600. The Morgan fingerprint density at radius 3 is 2.27 bits per heavy atom. The minimum absolute atomic E-state index is 0. The summed E-state index contributed by atoms with van der Waals surface area (Å²) in [6.07, 6.45) is 0. The molecule has 7 heteroatoms. The molecule has 1 aromatic rings. The summed E-state index contributed by atoms with van der Waals surface area (Å²) in [7, 11) is -1.81. The van der Waals surface area contributed by atoms with Gasteiger partial charge >= 0.3 is 0 Å². The molecule has 5 nitrogen and oxygen atoms in total. The minimum Gasteiger partial charge on any atom is -0.496 e. The fourth-order valence-corrected chi connectivity index (χ4v) is 5.25. The first-order valence-electron chi connectivity index (χ1n) is 7.29. The average Bonchev–Trinajstić information content (AvgIpc) is 3.01. The molecule has 1 aromatic carbocycles. The van der Waals surface area contributed by atoms with Gasteiger partial charge in [0.25, 0.3) is 0 Å². The van der Waals surface area contributed by atoms with Crippen molar-refractivity contribution in [3.63, 3.8) is 0 Å². The summed E-state index contributed by atoms with van der Waals surface area (Å²) in [5.41, 5.74) is 1.59. The highest BCUT2D eigenvalue weighted by Crippen LogP contribution is 2.33. The first-order valence-corrected chi connectivity index (χ1v) is 8.73. The normalized spacial score (nSPS) is 24.9. The molecular formula is C15H23ClN2O3S. The van der Waals surface area contributed by atoms with Crippen LogP contribution in [-0.2, 0) is 10.0 Å². The third kappa shape index (κ3) is 2.85. The molecular weight excluding hydrogens is 324 g/mol. The van der Waals surface area contributed by atoms with Crippen molar-refractivity contribution < 1.29 is 13.2 Å². The van der Waals surface area contributed by atoms with E-state index >= 15 is 0 Å². The van der Waals surface area contributed by atoms with Crippen LogP contribution in [0.15, 0.2) is 17.0 Å². The Morgan fingerprint density at radius 2 is 1.73 bits per heavy atom. The van der Waals surface area contributed by atoms with Gasteiger partial charge in [0.05, 0.1) is 12.0 Å². The van der Waals surface area contributed by atoms with E-state index in [-0.39, 0.29) is 12.4 Å². The second-order valence-electron chi connectivity index (χ2n) is 6.09. The molecule has 0 aliphatic carbocycles. The summed E-state index contributed by atoms with van der Waals surface area (Å²) in [5, 5.41) is 3.33. The van der Waals surface area contributed by atoms with Crippen LogP contribution in [-0.4, -0.2) is 46.0 Å². The van der Waals surface area contributed by atoms with E-state index in [4.69, 9.17) is 4.74 Å². The zero-order valence-electron chi connectivity index (χ0n) is 13.1. The highest BCUT2D eigenvalue weighted by atomic mass is 35.5. The van der Waals surface area contributed by atoms with Crippen molar-refractivity contribution in [2.75, 3.05) is 33.3 Å². The molecule has 0 aromatic heterocycles. The summed E-state index contributed by atoms with van der Waals surface area (Å²) < 4.78 is 32.7. The molecule has 3 rings (SSSR count). The Morgan fingerprint density at radius 1 is 1.14 bits per heavy atom. The molecule has 0 bridgehead atoms. The van der Waals surface area contributed by atoms with Crippen molar-refractivity contribution in [3.05, 3.63) is 23.3 Å². The Bertz CT molecular complexity index is 651. The average molecular weight is 347 g/mol. The lowest BCUT2D eigenvalue weighted by Crippen LogP contribution is -2.32. The molecule has 0 radical (unpaired) electrons. The molecule has 1 N–H and O–H groups in total. The maximum absolute atomic E-state index is 12.9. The first kappa shape index (κ1) is 17.5. The first-order chi connectivity index (χ1) is 9.93. The number of rotatable bonds is 3. The summed E-state index contributed by atoms with van der Waals surface area (Å²) in [5.74, 6) is 1.65. The maximum Gasteiger partial charge on any atom is 0.243 e. The number of sulfonamides is 1. The molecule has 2 saturated heterocycles. The van der Waals surface area contributed by atoms with Crippen molar-refractivity contribution in [1.29, 1.82) is 0 Å². The second kappa shape index (κ2) is 6.35. The maximum atomic E-state index is 12.9. The topological polar surface area (TPSA) is 58.6 Å². The van der Waals surface area contributed by atoms with Crippen LogP contribution in [0.5, 0.6) is 5.75 Å². The van der Waals surface area contributed by atoms with E-state index in [9.17, 15) is 8.42 Å². The standard InChI is InChI=1S/C15H22N2O3S.ClH/c1-10-5-15(11(2)4-14(10)20-3)21(18,19)17-8-12-6-16-7-13(12)9-17;/h4-5,12-13,16H,6-9H2,1-3H3;1H/t12-,13+;. The molecule has 0 unspecified atom stereocenters. The number of nitrogens with zero attached hydrogens (tertiary/aromatic N) is 1. The predicted octanol–water partition coefficient (Wildman–Crippen LogP) is 1.57. The van der Waals surface area contributed by atoms with E-state index in [0.29, 0.717) is 29.8 Å². The van der Waals surface area contributed by atoms with Gasteiger partial charge in [-0.05, 0) is 62.0 Å². The lowest BCUT2D eigenvalue weighted by Gasteiger charge is -2.20. The highest BCUT2D eigenvalue weighted by Gasteiger charge is 2.41. The largest absolute Gasteiger partial charge is 0.496 e. The van der Waals surface area contributed by atoms with Crippen LogP contribution in [0.4, 0.5) is 0 Å². The Hall–Kier alpha value is -0.820. The van der Waals surface area contributed by atoms with E-state index < -0.39 is 10.0 Å². The number of ether oxygens (including phenoxy) is 1. The number of hydrogen-bond acceptors (Lipinski definition) is 4. The minimum atomic E-state index is -3.41. The molecule has 22 heavy (non-hydrogen) atoms. The SMILES string of the molecule is COc1cc(C)c(S(=O)(=O)N2C[C@H]3CNC[C@H]3C2)cc1C.Cl. The number of benzene rings is 1. The molecule has 0 spiro atoms. The van der Waals surface area contributed by atoms with E-state index in [1.165, 1.54) is 0 Å². The zero-order chi connectivity index (χ0) is 15.2. The zero-order valence-corrected chi connectivity index (χ0v) is 14.8. The fourth-order valence-electron chi connectivity index (χ4n) is 3.41. The monoisotopic (exact) mass is 346 g/mol. The Kier molecular flexibility index (Phi) is 5.06. The van der Waals surface area contributed by atoms with E-state index in [1.807, 2.05) is 13.8 Å². The van der Waals surface area contributed by atoms with Gasteiger partial charge in [-0.15, -0.1) is 12.4 Å². The third-order valence-corrected chi connectivity index (χ3v) is 6.64. The lowest BCUT2D eigenvalue weighted by atomic mass is 10.0. The third-order valence-electron chi connectivity index (χ3n) is 4.67. The second-order valence-corrected chi connectivity index (χ2v) is 7.99.